The number of hydrogen-bond acceptors (Lipinski definition) is 7. The van der Waals surface area contributed by atoms with Gasteiger partial charge in [0.05, 0.1) is 26.5 Å². The van der Waals surface area contributed by atoms with Crippen LogP contribution < -0.4 is 5.32 Å². The summed E-state index contributed by atoms with van der Waals surface area (Å²) in [5.74, 6) is 0.115. The van der Waals surface area contributed by atoms with Gasteiger partial charge >= 0.3 is 0 Å². The number of carbonyl (C=O) groups excluding carboxylic acids is 1. The zero-order valence-corrected chi connectivity index (χ0v) is 15.4. The molecule has 0 spiro atoms. The van der Waals surface area contributed by atoms with E-state index >= 15 is 0 Å². The van der Waals surface area contributed by atoms with E-state index in [1.165, 1.54) is 24.8 Å². The number of nitrogens with zero attached hydrogens (tertiary/aromatic N) is 5. The van der Waals surface area contributed by atoms with Gasteiger partial charge in [0.15, 0.2) is 0 Å². The topological polar surface area (TPSA) is 98.7 Å². The highest BCUT2D eigenvalue weighted by atomic mass is 35.5. The minimum Gasteiger partial charge on any atom is -0.414 e. The standard InChI is InChI=1S/C13H9Cl3N6O2S/c14-7-1-9(16)10(2-8(7)15)19-11(23)4-25-13-21-20-12(24-13)3-22-6-17-5-18-22/h1-2,5-6H,3-4H2,(H,19,23). The van der Waals surface area contributed by atoms with E-state index in [2.05, 4.69) is 25.6 Å². The molecule has 1 N–H and O–H groups in total. The fourth-order valence-corrected chi connectivity index (χ4v) is 2.92. The number of carbonyl (C=O) groups is 1. The van der Waals surface area contributed by atoms with E-state index in [9.17, 15) is 4.79 Å². The van der Waals surface area contributed by atoms with Crippen molar-refractivity contribution in [3.63, 3.8) is 0 Å². The van der Waals surface area contributed by atoms with Crippen LogP contribution in [0.1, 0.15) is 5.89 Å². The molecule has 8 nitrogen and oxygen atoms in total. The molecular weight excluding hydrogens is 411 g/mol. The smallest absolute Gasteiger partial charge is 0.277 e. The van der Waals surface area contributed by atoms with Gasteiger partial charge in [0, 0.05) is 0 Å². The summed E-state index contributed by atoms with van der Waals surface area (Å²) in [5, 5.41) is 15.5. The van der Waals surface area contributed by atoms with Crippen LogP contribution in [0.5, 0.6) is 0 Å². The summed E-state index contributed by atoms with van der Waals surface area (Å²) in [6.45, 7) is 0.304. The maximum Gasteiger partial charge on any atom is 0.277 e. The molecule has 0 atom stereocenters. The molecule has 0 saturated heterocycles. The predicted molar refractivity (Wildman–Crippen MR) is 94.2 cm³/mol. The van der Waals surface area contributed by atoms with Crippen LogP contribution in [0.2, 0.25) is 15.1 Å². The van der Waals surface area contributed by atoms with Gasteiger partial charge in [0.1, 0.15) is 19.2 Å². The average Bonchev–Trinajstić information content (AvgIpc) is 3.23. The van der Waals surface area contributed by atoms with Crippen molar-refractivity contribution in [3.8, 4) is 0 Å². The Balaban J connectivity index is 1.54. The molecule has 0 fully saturated rings. The molecule has 1 aromatic carbocycles. The summed E-state index contributed by atoms with van der Waals surface area (Å²) in [7, 11) is 0. The monoisotopic (exact) mass is 418 g/mol. The van der Waals surface area contributed by atoms with E-state index < -0.39 is 0 Å². The van der Waals surface area contributed by atoms with E-state index in [1.54, 1.807) is 4.68 Å². The second-order valence-corrected chi connectivity index (χ2v) is 6.79. The summed E-state index contributed by atoms with van der Waals surface area (Å²) in [6.07, 6.45) is 2.94. The number of benzene rings is 1. The van der Waals surface area contributed by atoms with Gasteiger partial charge in [-0.1, -0.05) is 46.6 Å². The second kappa shape index (κ2) is 8.05. The highest BCUT2D eigenvalue weighted by Crippen LogP contribution is 2.32. The Kier molecular flexibility index (Phi) is 5.79. The fraction of sp³-hybridized carbons (Fsp3) is 0.154. The number of anilines is 1. The van der Waals surface area contributed by atoms with Gasteiger partial charge in [-0.2, -0.15) is 5.10 Å². The van der Waals surface area contributed by atoms with Crippen molar-refractivity contribution < 1.29 is 9.21 Å². The molecule has 3 rings (SSSR count). The maximum absolute atomic E-state index is 12.0. The molecule has 2 aromatic heterocycles. The number of aromatic nitrogens is 5. The molecule has 0 aliphatic carbocycles. The average molecular weight is 420 g/mol. The third-order valence-electron chi connectivity index (χ3n) is 2.82. The lowest BCUT2D eigenvalue weighted by molar-refractivity contribution is -0.113. The largest absolute Gasteiger partial charge is 0.414 e. The molecule has 0 saturated carbocycles. The lowest BCUT2D eigenvalue weighted by atomic mass is 10.3. The van der Waals surface area contributed by atoms with E-state index in [0.29, 0.717) is 33.2 Å². The lowest BCUT2D eigenvalue weighted by Gasteiger charge is -2.07. The van der Waals surface area contributed by atoms with Crippen molar-refractivity contribution in [1.29, 1.82) is 0 Å². The molecule has 130 valence electrons. The highest BCUT2D eigenvalue weighted by Gasteiger charge is 2.13. The van der Waals surface area contributed by atoms with Crippen LogP contribution in [0, 0.1) is 0 Å². The molecule has 0 unspecified atom stereocenters. The van der Waals surface area contributed by atoms with Crippen molar-refractivity contribution >= 4 is 58.2 Å². The Morgan fingerprint density at radius 2 is 2.00 bits per heavy atom. The van der Waals surface area contributed by atoms with Gasteiger partial charge in [0.25, 0.3) is 5.22 Å². The van der Waals surface area contributed by atoms with Crippen LogP contribution in [0.25, 0.3) is 0 Å². The Morgan fingerprint density at radius 3 is 2.76 bits per heavy atom. The Labute approximate surface area is 160 Å². The second-order valence-electron chi connectivity index (χ2n) is 4.64. The normalized spacial score (nSPS) is 10.8. The van der Waals surface area contributed by atoms with Gasteiger partial charge in [-0.05, 0) is 12.1 Å². The van der Waals surface area contributed by atoms with Gasteiger partial charge in [-0.15, -0.1) is 10.2 Å². The van der Waals surface area contributed by atoms with E-state index in [-0.39, 0.29) is 16.9 Å². The van der Waals surface area contributed by atoms with E-state index in [1.807, 2.05) is 0 Å². The first-order valence-corrected chi connectivity index (χ1v) is 8.85. The third-order valence-corrected chi connectivity index (χ3v) is 4.68. The van der Waals surface area contributed by atoms with Crippen molar-refractivity contribution in [1.82, 2.24) is 25.0 Å². The van der Waals surface area contributed by atoms with E-state index in [4.69, 9.17) is 39.2 Å². The van der Waals surface area contributed by atoms with Crippen molar-refractivity contribution in [2.75, 3.05) is 11.1 Å². The molecule has 0 radical (unpaired) electrons. The van der Waals surface area contributed by atoms with E-state index in [0.717, 1.165) is 11.8 Å². The van der Waals surface area contributed by atoms with Crippen LogP contribution in [0.4, 0.5) is 5.69 Å². The Bertz CT molecular complexity index is 886. The minimum absolute atomic E-state index is 0.0571. The third kappa shape index (κ3) is 4.85. The van der Waals surface area contributed by atoms with Crippen LogP contribution >= 0.6 is 46.6 Å². The summed E-state index contributed by atoms with van der Waals surface area (Å²) in [4.78, 5) is 15.8. The highest BCUT2D eigenvalue weighted by molar-refractivity contribution is 7.99. The molecule has 0 aliphatic rings. The number of amides is 1. The van der Waals surface area contributed by atoms with Gasteiger partial charge < -0.3 is 9.73 Å². The van der Waals surface area contributed by atoms with Crippen molar-refractivity contribution in [3.05, 3.63) is 45.7 Å². The molecule has 12 heteroatoms. The molecule has 2 heterocycles. The molecule has 25 heavy (non-hydrogen) atoms. The molecule has 1 amide bonds. The zero-order chi connectivity index (χ0) is 17.8. The predicted octanol–water partition coefficient (Wildman–Crippen LogP) is 3.40. The first kappa shape index (κ1) is 18.0. The van der Waals surface area contributed by atoms with Gasteiger partial charge in [-0.25, -0.2) is 9.67 Å². The summed E-state index contributed by atoms with van der Waals surface area (Å²) in [5.41, 5.74) is 0.374. The first-order valence-electron chi connectivity index (χ1n) is 6.73. The number of rotatable bonds is 6. The van der Waals surface area contributed by atoms with Crippen LogP contribution in [0.3, 0.4) is 0 Å². The Hall–Kier alpha value is -1.81. The SMILES string of the molecule is O=C(CSc1nnc(Cn2cncn2)o1)Nc1cc(Cl)c(Cl)cc1Cl. The summed E-state index contributed by atoms with van der Waals surface area (Å²) >= 11 is 18.9. The minimum atomic E-state index is -0.304. The summed E-state index contributed by atoms with van der Waals surface area (Å²) in [6, 6.07) is 2.94. The van der Waals surface area contributed by atoms with Gasteiger partial charge in [0.2, 0.25) is 11.8 Å². The lowest BCUT2D eigenvalue weighted by Crippen LogP contribution is -2.14. The molecule has 3 aromatic rings. The quantitative estimate of drug-likeness (QED) is 0.483. The van der Waals surface area contributed by atoms with Gasteiger partial charge in [-0.3, -0.25) is 4.79 Å². The Morgan fingerprint density at radius 1 is 1.20 bits per heavy atom. The summed E-state index contributed by atoms with van der Waals surface area (Å²) < 4.78 is 6.97. The van der Waals surface area contributed by atoms with Crippen LogP contribution in [-0.2, 0) is 11.3 Å². The number of nitrogens with one attached hydrogen (secondary N) is 1. The van der Waals surface area contributed by atoms with Crippen molar-refractivity contribution in [2.24, 2.45) is 0 Å². The van der Waals surface area contributed by atoms with Crippen LogP contribution in [0.15, 0.2) is 34.4 Å². The molecule has 0 bridgehead atoms. The van der Waals surface area contributed by atoms with Crippen LogP contribution in [-0.4, -0.2) is 36.6 Å². The molecular formula is C13H9Cl3N6O2S. The zero-order valence-electron chi connectivity index (χ0n) is 12.3. The fourth-order valence-electron chi connectivity index (χ4n) is 1.75. The molecule has 0 aliphatic heterocycles. The maximum atomic E-state index is 12.0. The first-order chi connectivity index (χ1) is 12.0. The number of halogens is 3. The van der Waals surface area contributed by atoms with Crippen molar-refractivity contribution in [2.45, 2.75) is 11.8 Å². The number of hydrogen-bond donors (Lipinski definition) is 1. The number of thioether (sulfide) groups is 1.